The Labute approximate surface area is 130 Å². The first-order valence-electron chi connectivity index (χ1n) is 6.20. The molecular weight excluding hydrogens is 306 g/mol. The number of benzene rings is 2. The molecule has 1 heterocycles. The number of pyridine rings is 1. The normalized spacial score (nSPS) is 10.7. The van der Waals surface area contributed by atoms with Crippen LogP contribution in [0.2, 0.25) is 5.02 Å². The summed E-state index contributed by atoms with van der Waals surface area (Å²) in [5, 5.41) is 11.3. The molecule has 104 valence electrons. The lowest BCUT2D eigenvalue weighted by Gasteiger charge is -2.05. The van der Waals surface area contributed by atoms with Crippen LogP contribution in [0.25, 0.3) is 10.9 Å². The summed E-state index contributed by atoms with van der Waals surface area (Å²) in [5.74, 6) is -0.947. The number of hydrogen-bond donors (Lipinski definition) is 1. The van der Waals surface area contributed by atoms with Crippen molar-refractivity contribution in [2.45, 2.75) is 9.92 Å². The quantitative estimate of drug-likeness (QED) is 0.758. The van der Waals surface area contributed by atoms with Gasteiger partial charge in [-0.25, -0.2) is 9.78 Å². The molecule has 0 aliphatic heterocycles. The Hall–Kier alpha value is -2.04. The second-order valence-corrected chi connectivity index (χ2v) is 5.92. The molecule has 0 aliphatic carbocycles. The summed E-state index contributed by atoms with van der Waals surface area (Å²) in [6.45, 7) is 0. The molecule has 0 amide bonds. The number of rotatable bonds is 3. The van der Waals surface area contributed by atoms with Crippen molar-refractivity contribution in [2.75, 3.05) is 0 Å². The maximum atomic E-state index is 11.2. The Morgan fingerprint density at radius 2 is 1.90 bits per heavy atom. The predicted molar refractivity (Wildman–Crippen MR) is 84.3 cm³/mol. The van der Waals surface area contributed by atoms with E-state index in [4.69, 9.17) is 11.6 Å². The molecule has 3 nitrogen and oxygen atoms in total. The molecule has 5 heteroatoms. The zero-order chi connectivity index (χ0) is 14.8. The van der Waals surface area contributed by atoms with Gasteiger partial charge in [0.25, 0.3) is 0 Å². The lowest BCUT2D eigenvalue weighted by atomic mass is 10.1. The number of aromatic carboxylic acids is 1. The summed E-state index contributed by atoms with van der Waals surface area (Å²) >= 11 is 7.45. The van der Waals surface area contributed by atoms with E-state index in [-0.39, 0.29) is 5.56 Å². The molecule has 3 rings (SSSR count). The number of hydrogen-bond acceptors (Lipinski definition) is 3. The minimum atomic E-state index is -0.947. The lowest BCUT2D eigenvalue weighted by molar-refractivity contribution is 0.0699. The third-order valence-electron chi connectivity index (χ3n) is 2.96. The van der Waals surface area contributed by atoms with Gasteiger partial charge in [-0.2, -0.15) is 0 Å². The van der Waals surface area contributed by atoms with Gasteiger partial charge < -0.3 is 5.11 Å². The largest absolute Gasteiger partial charge is 0.478 e. The van der Waals surface area contributed by atoms with Crippen molar-refractivity contribution < 1.29 is 9.90 Å². The van der Waals surface area contributed by atoms with Crippen LogP contribution in [0.4, 0.5) is 0 Å². The number of nitrogens with zero attached hydrogens (tertiary/aromatic N) is 1. The van der Waals surface area contributed by atoms with Crippen molar-refractivity contribution in [3.63, 3.8) is 0 Å². The van der Waals surface area contributed by atoms with Crippen molar-refractivity contribution in [3.05, 3.63) is 65.2 Å². The lowest BCUT2D eigenvalue weighted by Crippen LogP contribution is -1.97. The van der Waals surface area contributed by atoms with Crippen molar-refractivity contribution in [3.8, 4) is 0 Å². The average molecular weight is 316 g/mol. The summed E-state index contributed by atoms with van der Waals surface area (Å²) in [6.07, 6.45) is 0. The first-order chi connectivity index (χ1) is 10.1. The molecule has 0 unspecified atom stereocenters. The molecule has 0 radical (unpaired) electrons. The standard InChI is InChI=1S/C16H10ClNO2S/c17-10-3-1-4-11(9-10)21-15-8-7-12-13(16(19)20)5-2-6-14(12)18-15/h1-9H,(H,19,20). The van der Waals surface area contributed by atoms with Crippen LogP contribution in [0.3, 0.4) is 0 Å². The van der Waals surface area contributed by atoms with E-state index in [1.165, 1.54) is 11.8 Å². The van der Waals surface area contributed by atoms with Crippen LogP contribution in [0.15, 0.2) is 64.5 Å². The molecule has 0 saturated heterocycles. The molecule has 3 aromatic rings. The van der Waals surface area contributed by atoms with Gasteiger partial charge >= 0.3 is 5.97 Å². The predicted octanol–water partition coefficient (Wildman–Crippen LogP) is 4.74. The topological polar surface area (TPSA) is 50.2 Å². The van der Waals surface area contributed by atoms with Crippen LogP contribution in [0.5, 0.6) is 0 Å². The van der Waals surface area contributed by atoms with E-state index >= 15 is 0 Å². The highest BCUT2D eigenvalue weighted by Crippen LogP contribution is 2.29. The summed E-state index contributed by atoms with van der Waals surface area (Å²) in [6, 6.07) is 16.2. The maximum absolute atomic E-state index is 11.2. The first-order valence-corrected chi connectivity index (χ1v) is 7.39. The van der Waals surface area contributed by atoms with Crippen molar-refractivity contribution >= 4 is 40.2 Å². The third kappa shape index (κ3) is 3.01. The summed E-state index contributed by atoms with van der Waals surface area (Å²) in [7, 11) is 0. The molecule has 0 fully saturated rings. The Morgan fingerprint density at radius 1 is 1.10 bits per heavy atom. The van der Waals surface area contributed by atoms with Gasteiger partial charge in [-0.15, -0.1) is 0 Å². The SMILES string of the molecule is O=C(O)c1cccc2nc(Sc3cccc(Cl)c3)ccc12. The fourth-order valence-electron chi connectivity index (χ4n) is 2.03. The Balaban J connectivity index is 2.00. The van der Waals surface area contributed by atoms with Crippen molar-refractivity contribution in [1.82, 2.24) is 4.98 Å². The Bertz CT molecular complexity index is 835. The van der Waals surface area contributed by atoms with Crippen LogP contribution in [-0.2, 0) is 0 Å². The van der Waals surface area contributed by atoms with E-state index in [1.807, 2.05) is 36.4 Å². The van der Waals surface area contributed by atoms with E-state index in [1.54, 1.807) is 18.2 Å². The van der Waals surface area contributed by atoms with Gasteiger partial charge in [-0.1, -0.05) is 35.5 Å². The number of carboxylic acids is 1. The fourth-order valence-corrected chi connectivity index (χ4v) is 3.14. The summed E-state index contributed by atoms with van der Waals surface area (Å²) in [4.78, 5) is 16.7. The Kier molecular flexibility index (Phi) is 3.82. The van der Waals surface area contributed by atoms with E-state index in [2.05, 4.69) is 4.98 Å². The number of aromatic nitrogens is 1. The molecule has 1 aromatic heterocycles. The minimum absolute atomic E-state index is 0.263. The highest BCUT2D eigenvalue weighted by molar-refractivity contribution is 7.99. The molecular formula is C16H10ClNO2S. The molecule has 0 spiro atoms. The number of carbonyl (C=O) groups is 1. The van der Waals surface area contributed by atoms with E-state index in [0.29, 0.717) is 15.9 Å². The van der Waals surface area contributed by atoms with E-state index < -0.39 is 5.97 Å². The van der Waals surface area contributed by atoms with E-state index in [0.717, 1.165) is 9.92 Å². The highest BCUT2D eigenvalue weighted by Gasteiger charge is 2.09. The molecule has 21 heavy (non-hydrogen) atoms. The average Bonchev–Trinajstić information content (AvgIpc) is 2.46. The zero-order valence-electron chi connectivity index (χ0n) is 10.8. The number of carboxylic acid groups (broad SMARTS) is 1. The molecule has 0 atom stereocenters. The second kappa shape index (κ2) is 5.76. The smallest absolute Gasteiger partial charge is 0.336 e. The van der Waals surface area contributed by atoms with Gasteiger partial charge in [0.2, 0.25) is 0 Å². The molecule has 0 saturated carbocycles. The maximum Gasteiger partial charge on any atom is 0.336 e. The summed E-state index contributed by atoms with van der Waals surface area (Å²) < 4.78 is 0. The second-order valence-electron chi connectivity index (χ2n) is 4.39. The molecule has 0 bridgehead atoms. The van der Waals surface area contributed by atoms with Crippen LogP contribution in [-0.4, -0.2) is 16.1 Å². The third-order valence-corrected chi connectivity index (χ3v) is 4.12. The van der Waals surface area contributed by atoms with Gasteiger partial charge in [-0.3, -0.25) is 0 Å². The van der Waals surface area contributed by atoms with Gasteiger partial charge in [0.1, 0.15) is 5.03 Å². The number of halogens is 1. The number of fused-ring (bicyclic) bond motifs is 1. The molecule has 0 aliphatic rings. The monoisotopic (exact) mass is 315 g/mol. The van der Waals surface area contributed by atoms with Gasteiger partial charge in [0, 0.05) is 15.3 Å². The minimum Gasteiger partial charge on any atom is -0.478 e. The molecule has 2 aromatic carbocycles. The zero-order valence-corrected chi connectivity index (χ0v) is 12.4. The highest BCUT2D eigenvalue weighted by atomic mass is 35.5. The fraction of sp³-hybridized carbons (Fsp3) is 0. The van der Waals surface area contributed by atoms with E-state index in [9.17, 15) is 9.90 Å². The van der Waals surface area contributed by atoms with Crippen molar-refractivity contribution in [2.24, 2.45) is 0 Å². The first kappa shape index (κ1) is 13.9. The molecule has 1 N–H and O–H groups in total. The van der Waals surface area contributed by atoms with Crippen molar-refractivity contribution in [1.29, 1.82) is 0 Å². The van der Waals surface area contributed by atoms with Crippen LogP contribution in [0, 0.1) is 0 Å². The van der Waals surface area contributed by atoms with Crippen LogP contribution >= 0.6 is 23.4 Å². The van der Waals surface area contributed by atoms with Crippen LogP contribution < -0.4 is 0 Å². The van der Waals surface area contributed by atoms with Crippen LogP contribution in [0.1, 0.15) is 10.4 Å². The Morgan fingerprint density at radius 3 is 2.67 bits per heavy atom. The van der Waals surface area contributed by atoms with Gasteiger partial charge in [0.15, 0.2) is 0 Å². The van der Waals surface area contributed by atoms with Gasteiger partial charge in [-0.05, 0) is 42.5 Å². The summed E-state index contributed by atoms with van der Waals surface area (Å²) in [5.41, 5.74) is 0.932. The van der Waals surface area contributed by atoms with Gasteiger partial charge in [0.05, 0.1) is 11.1 Å².